The van der Waals surface area contributed by atoms with Crippen LogP contribution in [0.4, 0.5) is 8.78 Å². The van der Waals surface area contributed by atoms with Crippen molar-refractivity contribution in [3.63, 3.8) is 0 Å². The first kappa shape index (κ1) is 10.5. The molecule has 0 spiro atoms. The maximum atomic E-state index is 12.2. The molecule has 0 aliphatic heterocycles. The summed E-state index contributed by atoms with van der Waals surface area (Å²) < 4.78 is 24.8. The standard InChI is InChI=1S/C7H2Br2F2N2/c8-4-1-5(7(10)11)13-6(9)3(4)2-12/h1,7H. The van der Waals surface area contributed by atoms with Gasteiger partial charge in [0.2, 0.25) is 0 Å². The Morgan fingerprint density at radius 3 is 2.46 bits per heavy atom. The normalized spacial score (nSPS) is 10.2. The molecule has 0 unspecified atom stereocenters. The number of hydrogen-bond acceptors (Lipinski definition) is 2. The summed E-state index contributed by atoms with van der Waals surface area (Å²) >= 11 is 5.93. The van der Waals surface area contributed by atoms with E-state index in [9.17, 15) is 8.78 Å². The molecule has 0 aromatic carbocycles. The SMILES string of the molecule is N#Cc1c(Br)cc(C(F)F)nc1Br. The molecule has 2 nitrogen and oxygen atoms in total. The van der Waals surface area contributed by atoms with Crippen molar-refractivity contribution in [1.29, 1.82) is 5.26 Å². The minimum atomic E-state index is -2.64. The molecule has 0 radical (unpaired) electrons. The van der Waals surface area contributed by atoms with Crippen LogP contribution < -0.4 is 0 Å². The van der Waals surface area contributed by atoms with Crippen molar-refractivity contribution in [1.82, 2.24) is 4.98 Å². The second-order valence-corrected chi connectivity index (χ2v) is 3.71. The summed E-state index contributed by atoms with van der Waals surface area (Å²) in [6.45, 7) is 0. The minimum Gasteiger partial charge on any atom is -0.238 e. The van der Waals surface area contributed by atoms with Gasteiger partial charge in [0.15, 0.2) is 0 Å². The Kier molecular flexibility index (Phi) is 3.33. The lowest BCUT2D eigenvalue weighted by Gasteiger charge is -2.02. The Hall–Kier alpha value is -0.540. The van der Waals surface area contributed by atoms with Gasteiger partial charge in [-0.1, -0.05) is 0 Å². The zero-order valence-corrected chi connectivity index (χ0v) is 9.23. The van der Waals surface area contributed by atoms with Gasteiger partial charge >= 0.3 is 0 Å². The Morgan fingerprint density at radius 1 is 1.46 bits per heavy atom. The van der Waals surface area contributed by atoms with Crippen LogP contribution in [-0.2, 0) is 0 Å². The van der Waals surface area contributed by atoms with Gasteiger partial charge in [-0.25, -0.2) is 13.8 Å². The van der Waals surface area contributed by atoms with E-state index in [4.69, 9.17) is 5.26 Å². The first-order valence-electron chi connectivity index (χ1n) is 3.10. The lowest BCUT2D eigenvalue weighted by Crippen LogP contribution is -1.94. The van der Waals surface area contributed by atoms with E-state index < -0.39 is 6.43 Å². The third-order valence-electron chi connectivity index (χ3n) is 1.28. The first-order chi connectivity index (χ1) is 6.06. The monoisotopic (exact) mass is 310 g/mol. The van der Waals surface area contributed by atoms with E-state index in [1.54, 1.807) is 0 Å². The van der Waals surface area contributed by atoms with E-state index in [-0.39, 0.29) is 15.9 Å². The highest BCUT2D eigenvalue weighted by Crippen LogP contribution is 2.27. The van der Waals surface area contributed by atoms with Gasteiger partial charge in [-0.2, -0.15) is 5.26 Å². The van der Waals surface area contributed by atoms with E-state index >= 15 is 0 Å². The lowest BCUT2D eigenvalue weighted by molar-refractivity contribution is 0.146. The quantitative estimate of drug-likeness (QED) is 0.745. The molecule has 0 fully saturated rings. The van der Waals surface area contributed by atoms with Crippen molar-refractivity contribution >= 4 is 31.9 Å². The summed E-state index contributed by atoms with van der Waals surface area (Å²) in [6.07, 6.45) is -2.64. The van der Waals surface area contributed by atoms with Crippen LogP contribution in [0.15, 0.2) is 15.1 Å². The number of hydrogen-bond donors (Lipinski definition) is 0. The zero-order valence-electron chi connectivity index (χ0n) is 6.06. The smallest absolute Gasteiger partial charge is 0.238 e. The molecule has 0 aliphatic rings. The summed E-state index contributed by atoms with van der Waals surface area (Å²) in [5.74, 6) is 0. The van der Waals surface area contributed by atoms with Crippen LogP contribution in [0.25, 0.3) is 0 Å². The average Bonchev–Trinajstić information content (AvgIpc) is 2.03. The van der Waals surface area contributed by atoms with Crippen molar-refractivity contribution < 1.29 is 8.78 Å². The second-order valence-electron chi connectivity index (χ2n) is 2.11. The summed E-state index contributed by atoms with van der Waals surface area (Å²) in [5, 5.41) is 8.59. The average molecular weight is 312 g/mol. The summed E-state index contributed by atoms with van der Waals surface area (Å²) in [4.78, 5) is 3.52. The van der Waals surface area contributed by atoms with E-state index in [1.807, 2.05) is 6.07 Å². The van der Waals surface area contributed by atoms with Gasteiger partial charge in [0.1, 0.15) is 16.4 Å². The maximum Gasteiger partial charge on any atom is 0.280 e. The van der Waals surface area contributed by atoms with Crippen molar-refractivity contribution in [2.75, 3.05) is 0 Å². The Balaban J connectivity index is 3.30. The number of alkyl halides is 2. The lowest BCUT2D eigenvalue weighted by atomic mass is 10.3. The molecule has 0 saturated carbocycles. The highest BCUT2D eigenvalue weighted by molar-refractivity contribution is 9.11. The molecule has 0 N–H and O–H groups in total. The summed E-state index contributed by atoms with van der Waals surface area (Å²) in [7, 11) is 0. The molecule has 13 heavy (non-hydrogen) atoms. The van der Waals surface area contributed by atoms with Crippen LogP contribution >= 0.6 is 31.9 Å². The molecule has 68 valence electrons. The largest absolute Gasteiger partial charge is 0.280 e. The summed E-state index contributed by atoms with van der Waals surface area (Å²) in [5.41, 5.74) is -0.151. The molecule has 1 aromatic heterocycles. The fraction of sp³-hybridized carbons (Fsp3) is 0.143. The molecule has 0 atom stereocenters. The van der Waals surface area contributed by atoms with Crippen LogP contribution in [0.5, 0.6) is 0 Å². The third-order valence-corrected chi connectivity index (χ3v) is 2.48. The van der Waals surface area contributed by atoms with Crippen molar-refractivity contribution in [3.05, 3.63) is 26.4 Å². The van der Waals surface area contributed by atoms with Gasteiger partial charge in [0, 0.05) is 4.47 Å². The molecule has 0 saturated heterocycles. The maximum absolute atomic E-state index is 12.2. The number of nitriles is 1. The number of halogens is 4. The molecule has 1 rings (SSSR count). The first-order valence-corrected chi connectivity index (χ1v) is 4.69. The van der Waals surface area contributed by atoms with Gasteiger partial charge in [-0.15, -0.1) is 0 Å². The van der Waals surface area contributed by atoms with E-state index in [2.05, 4.69) is 36.8 Å². The zero-order chi connectivity index (χ0) is 10.0. The highest BCUT2D eigenvalue weighted by Gasteiger charge is 2.14. The van der Waals surface area contributed by atoms with Crippen LogP contribution in [0, 0.1) is 11.3 Å². The van der Waals surface area contributed by atoms with Gasteiger partial charge in [-0.05, 0) is 37.9 Å². The van der Waals surface area contributed by atoms with Gasteiger partial charge in [0.05, 0.1) is 5.56 Å². The molecule has 1 aromatic rings. The Bertz CT molecular complexity index is 350. The van der Waals surface area contributed by atoms with Gasteiger partial charge in [0.25, 0.3) is 6.43 Å². The van der Waals surface area contributed by atoms with Gasteiger partial charge in [-0.3, -0.25) is 0 Å². The van der Waals surface area contributed by atoms with Crippen molar-refractivity contribution in [3.8, 4) is 6.07 Å². The van der Waals surface area contributed by atoms with Crippen LogP contribution in [-0.4, -0.2) is 4.98 Å². The van der Waals surface area contributed by atoms with E-state index in [0.29, 0.717) is 4.47 Å². The van der Waals surface area contributed by atoms with Gasteiger partial charge < -0.3 is 0 Å². The summed E-state index contributed by atoms with van der Waals surface area (Å²) in [6, 6.07) is 2.96. The fourth-order valence-electron chi connectivity index (χ4n) is 0.713. The third kappa shape index (κ3) is 2.23. The highest BCUT2D eigenvalue weighted by atomic mass is 79.9. The molecule has 0 bridgehead atoms. The Labute approximate surface area is 89.8 Å². The second kappa shape index (κ2) is 4.11. The number of aromatic nitrogens is 1. The predicted octanol–water partition coefficient (Wildman–Crippen LogP) is 3.42. The molecular formula is C7H2Br2F2N2. The minimum absolute atomic E-state index is 0.125. The van der Waals surface area contributed by atoms with Crippen LogP contribution in [0.1, 0.15) is 17.7 Å². The molecule has 1 heterocycles. The van der Waals surface area contributed by atoms with Crippen LogP contribution in [0.3, 0.4) is 0 Å². The predicted molar refractivity (Wildman–Crippen MR) is 49.3 cm³/mol. The molecule has 0 aliphatic carbocycles. The number of rotatable bonds is 1. The van der Waals surface area contributed by atoms with E-state index in [0.717, 1.165) is 6.07 Å². The van der Waals surface area contributed by atoms with E-state index in [1.165, 1.54) is 0 Å². The van der Waals surface area contributed by atoms with Crippen molar-refractivity contribution in [2.24, 2.45) is 0 Å². The fourth-order valence-corrected chi connectivity index (χ4v) is 2.00. The van der Waals surface area contributed by atoms with Crippen LogP contribution in [0.2, 0.25) is 0 Å². The van der Waals surface area contributed by atoms with Crippen molar-refractivity contribution in [2.45, 2.75) is 6.43 Å². The molecule has 0 amide bonds. The topological polar surface area (TPSA) is 36.7 Å². The Morgan fingerprint density at radius 2 is 2.08 bits per heavy atom. The number of pyridine rings is 1. The number of nitrogens with zero attached hydrogens (tertiary/aromatic N) is 2. The molecular weight excluding hydrogens is 310 g/mol. The molecule has 6 heteroatoms.